The lowest BCUT2D eigenvalue weighted by Gasteiger charge is -2.22. The molecule has 1 aliphatic rings. The van der Waals surface area contributed by atoms with Crippen LogP contribution < -0.4 is 10.6 Å². The molecule has 1 fully saturated rings. The van der Waals surface area contributed by atoms with Crippen LogP contribution in [0.4, 0.5) is 16.2 Å². The number of rotatable bonds is 4. The lowest BCUT2D eigenvalue weighted by molar-refractivity contribution is 0.373. The third-order valence-corrected chi connectivity index (χ3v) is 3.25. The summed E-state index contributed by atoms with van der Waals surface area (Å²) in [5.74, 6) is 1.00. The van der Waals surface area contributed by atoms with E-state index >= 15 is 0 Å². The van der Waals surface area contributed by atoms with Crippen LogP contribution in [0, 0.1) is 11.7 Å². The van der Waals surface area contributed by atoms with Crippen molar-refractivity contribution in [2.75, 3.05) is 24.2 Å². The number of nitrogens with zero attached hydrogens (tertiary/aromatic N) is 2. The Morgan fingerprint density at radius 2 is 2.12 bits per heavy atom. The van der Waals surface area contributed by atoms with E-state index in [1.807, 2.05) is 0 Å². The van der Waals surface area contributed by atoms with Crippen LogP contribution in [0.15, 0.2) is 6.20 Å². The predicted octanol–water partition coefficient (Wildman–Crippen LogP) is 2.65. The molecule has 0 bridgehead atoms. The van der Waals surface area contributed by atoms with Crippen LogP contribution in [-0.2, 0) is 0 Å². The minimum atomic E-state index is -0.389. The van der Waals surface area contributed by atoms with Gasteiger partial charge in [-0.1, -0.05) is 19.3 Å². The molecule has 0 aliphatic heterocycles. The molecule has 1 saturated carbocycles. The summed E-state index contributed by atoms with van der Waals surface area (Å²) in [4.78, 5) is 7.88. The van der Waals surface area contributed by atoms with E-state index in [0.717, 1.165) is 6.54 Å². The zero-order chi connectivity index (χ0) is 12.1. The first-order valence-electron chi connectivity index (χ1n) is 6.23. The Kier molecular flexibility index (Phi) is 4.12. The van der Waals surface area contributed by atoms with Crippen LogP contribution in [0.5, 0.6) is 0 Å². The molecule has 1 aromatic rings. The van der Waals surface area contributed by atoms with E-state index in [9.17, 15) is 4.39 Å². The Morgan fingerprint density at radius 3 is 2.82 bits per heavy atom. The highest BCUT2D eigenvalue weighted by atomic mass is 19.1. The van der Waals surface area contributed by atoms with E-state index in [1.54, 1.807) is 7.05 Å². The fourth-order valence-corrected chi connectivity index (χ4v) is 2.24. The minimum absolute atomic E-state index is 0.301. The van der Waals surface area contributed by atoms with Crippen LogP contribution in [0.25, 0.3) is 0 Å². The second-order valence-corrected chi connectivity index (χ2v) is 4.53. The van der Waals surface area contributed by atoms with Gasteiger partial charge in [0.15, 0.2) is 11.6 Å². The summed E-state index contributed by atoms with van der Waals surface area (Å²) in [6.07, 6.45) is 7.59. The second-order valence-electron chi connectivity index (χ2n) is 4.53. The van der Waals surface area contributed by atoms with Crippen LogP contribution in [-0.4, -0.2) is 23.6 Å². The van der Waals surface area contributed by atoms with Gasteiger partial charge in [-0.3, -0.25) is 0 Å². The van der Waals surface area contributed by atoms with E-state index < -0.39 is 0 Å². The maximum Gasteiger partial charge on any atom is 0.224 e. The Balaban J connectivity index is 1.92. The number of hydrogen-bond acceptors (Lipinski definition) is 4. The van der Waals surface area contributed by atoms with E-state index in [2.05, 4.69) is 20.6 Å². The van der Waals surface area contributed by atoms with Gasteiger partial charge in [0, 0.05) is 13.6 Å². The molecular weight excluding hydrogens is 219 g/mol. The summed E-state index contributed by atoms with van der Waals surface area (Å²) in [6, 6.07) is 0. The maximum absolute atomic E-state index is 13.4. The van der Waals surface area contributed by atoms with Gasteiger partial charge in [-0.15, -0.1) is 0 Å². The average Bonchev–Trinajstić information content (AvgIpc) is 2.39. The zero-order valence-corrected chi connectivity index (χ0v) is 10.2. The van der Waals surface area contributed by atoms with Gasteiger partial charge in [0.1, 0.15) is 0 Å². The third-order valence-electron chi connectivity index (χ3n) is 3.25. The van der Waals surface area contributed by atoms with Crippen molar-refractivity contribution in [1.82, 2.24) is 9.97 Å². The molecule has 1 aliphatic carbocycles. The molecule has 0 atom stereocenters. The highest BCUT2D eigenvalue weighted by Gasteiger charge is 2.14. The molecule has 17 heavy (non-hydrogen) atoms. The molecule has 94 valence electrons. The molecule has 0 saturated heterocycles. The summed E-state index contributed by atoms with van der Waals surface area (Å²) in [7, 11) is 1.72. The number of halogens is 1. The van der Waals surface area contributed by atoms with Gasteiger partial charge in [-0.05, 0) is 18.8 Å². The van der Waals surface area contributed by atoms with Gasteiger partial charge in [-0.25, -0.2) is 9.37 Å². The van der Waals surface area contributed by atoms with Crippen molar-refractivity contribution in [2.45, 2.75) is 32.1 Å². The monoisotopic (exact) mass is 238 g/mol. The molecule has 4 nitrogen and oxygen atoms in total. The topological polar surface area (TPSA) is 49.8 Å². The predicted molar refractivity (Wildman–Crippen MR) is 66.6 cm³/mol. The van der Waals surface area contributed by atoms with Crippen LogP contribution in [0.1, 0.15) is 32.1 Å². The molecule has 5 heteroatoms. The minimum Gasteiger partial charge on any atom is -0.367 e. The zero-order valence-electron chi connectivity index (χ0n) is 10.2. The third kappa shape index (κ3) is 3.28. The van der Waals surface area contributed by atoms with Crippen molar-refractivity contribution < 1.29 is 4.39 Å². The van der Waals surface area contributed by atoms with Gasteiger partial charge in [0.05, 0.1) is 6.20 Å². The van der Waals surface area contributed by atoms with Crippen LogP contribution >= 0.6 is 0 Å². The van der Waals surface area contributed by atoms with Crippen molar-refractivity contribution in [2.24, 2.45) is 5.92 Å². The highest BCUT2D eigenvalue weighted by molar-refractivity contribution is 5.40. The molecule has 1 heterocycles. The van der Waals surface area contributed by atoms with E-state index in [1.165, 1.54) is 38.3 Å². The SMILES string of the molecule is CNc1ncc(F)c(NCC2CCCCC2)n1. The van der Waals surface area contributed by atoms with Gasteiger partial charge in [0.25, 0.3) is 0 Å². The van der Waals surface area contributed by atoms with Gasteiger partial charge in [-0.2, -0.15) is 4.98 Å². The fourth-order valence-electron chi connectivity index (χ4n) is 2.24. The molecule has 1 aromatic heterocycles. The Hall–Kier alpha value is -1.39. The van der Waals surface area contributed by atoms with Gasteiger partial charge in [0.2, 0.25) is 5.95 Å². The molecule has 0 radical (unpaired) electrons. The molecule has 0 amide bonds. The molecule has 2 rings (SSSR count). The Morgan fingerprint density at radius 1 is 1.35 bits per heavy atom. The summed E-state index contributed by atoms with van der Waals surface area (Å²) >= 11 is 0. The van der Waals surface area contributed by atoms with Crippen LogP contribution in [0.2, 0.25) is 0 Å². The summed E-state index contributed by atoms with van der Waals surface area (Å²) in [6.45, 7) is 0.803. The molecule has 0 unspecified atom stereocenters. The standard InChI is InChI=1S/C12H19FN4/c1-14-12-16-8-10(13)11(17-12)15-7-9-5-3-2-4-6-9/h8-9H,2-7H2,1H3,(H2,14,15,16,17). The van der Waals surface area contributed by atoms with Crippen molar-refractivity contribution in [3.63, 3.8) is 0 Å². The number of hydrogen-bond donors (Lipinski definition) is 2. The first-order valence-corrected chi connectivity index (χ1v) is 6.23. The number of nitrogens with one attached hydrogen (secondary N) is 2. The van der Waals surface area contributed by atoms with E-state index in [0.29, 0.717) is 17.7 Å². The average molecular weight is 238 g/mol. The first-order chi connectivity index (χ1) is 8.29. The molecular formula is C12H19FN4. The summed E-state index contributed by atoms with van der Waals surface area (Å²) in [5, 5.41) is 5.89. The van der Waals surface area contributed by atoms with Crippen molar-refractivity contribution in [3.8, 4) is 0 Å². The second kappa shape index (κ2) is 5.80. The quantitative estimate of drug-likeness (QED) is 0.846. The fraction of sp³-hybridized carbons (Fsp3) is 0.667. The molecule has 2 N–H and O–H groups in total. The number of anilines is 2. The van der Waals surface area contributed by atoms with Gasteiger partial charge >= 0.3 is 0 Å². The number of aromatic nitrogens is 2. The van der Waals surface area contributed by atoms with Crippen molar-refractivity contribution in [1.29, 1.82) is 0 Å². The van der Waals surface area contributed by atoms with E-state index in [-0.39, 0.29) is 5.82 Å². The molecule has 0 aromatic carbocycles. The normalized spacial score (nSPS) is 16.8. The van der Waals surface area contributed by atoms with Crippen molar-refractivity contribution in [3.05, 3.63) is 12.0 Å². The summed E-state index contributed by atoms with van der Waals surface area (Å²) in [5.41, 5.74) is 0. The maximum atomic E-state index is 13.4. The highest BCUT2D eigenvalue weighted by Crippen LogP contribution is 2.24. The largest absolute Gasteiger partial charge is 0.367 e. The smallest absolute Gasteiger partial charge is 0.224 e. The lowest BCUT2D eigenvalue weighted by atomic mass is 9.89. The van der Waals surface area contributed by atoms with Crippen molar-refractivity contribution >= 4 is 11.8 Å². The first kappa shape index (κ1) is 12.1. The Bertz CT molecular complexity index is 364. The molecule has 0 spiro atoms. The lowest BCUT2D eigenvalue weighted by Crippen LogP contribution is -2.18. The van der Waals surface area contributed by atoms with E-state index in [4.69, 9.17) is 0 Å². The van der Waals surface area contributed by atoms with Crippen LogP contribution in [0.3, 0.4) is 0 Å². The summed E-state index contributed by atoms with van der Waals surface area (Å²) < 4.78 is 13.4. The van der Waals surface area contributed by atoms with Gasteiger partial charge < -0.3 is 10.6 Å². The Labute approximate surface area is 101 Å².